The number of rotatable bonds is 8. The number of hydrogen-bond acceptors (Lipinski definition) is 4. The minimum absolute atomic E-state index is 0.0562. The standard InChI is InChI=1S/C26H32FN3O3/c27-21-7-2-5-20(17-21)23-16-18(4-1-8-25(32)33)13-15-30(23)24(31)12-11-22-10-9-19-6-3-14-28-26(19)29-22/h2,5,7,9-10,17-18,23H,1,3-4,6,8,11-16H2,(H,28,29)(H,32,33). The molecule has 1 amide bonds. The second-order valence-corrected chi connectivity index (χ2v) is 9.17. The number of anilines is 1. The Morgan fingerprint density at radius 2 is 2.09 bits per heavy atom. The monoisotopic (exact) mass is 453 g/mol. The molecule has 2 unspecified atom stereocenters. The van der Waals surface area contributed by atoms with Crippen molar-refractivity contribution in [2.24, 2.45) is 5.92 Å². The van der Waals surface area contributed by atoms with Gasteiger partial charge in [0.1, 0.15) is 11.6 Å². The van der Waals surface area contributed by atoms with Gasteiger partial charge in [-0.2, -0.15) is 0 Å². The van der Waals surface area contributed by atoms with Crippen LogP contribution >= 0.6 is 0 Å². The van der Waals surface area contributed by atoms with Gasteiger partial charge >= 0.3 is 5.97 Å². The van der Waals surface area contributed by atoms with Crippen molar-refractivity contribution in [3.05, 3.63) is 59.0 Å². The Bertz CT molecular complexity index is 996. The molecule has 1 aromatic heterocycles. The number of carbonyl (C=O) groups is 2. The van der Waals surface area contributed by atoms with Crippen molar-refractivity contribution >= 4 is 17.7 Å². The number of nitrogens with zero attached hydrogens (tertiary/aromatic N) is 2. The predicted octanol–water partition coefficient (Wildman–Crippen LogP) is 4.75. The highest BCUT2D eigenvalue weighted by molar-refractivity contribution is 5.77. The second kappa shape index (κ2) is 10.8. The largest absolute Gasteiger partial charge is 0.481 e. The molecular weight excluding hydrogens is 421 g/mol. The molecule has 33 heavy (non-hydrogen) atoms. The summed E-state index contributed by atoms with van der Waals surface area (Å²) in [6.45, 7) is 1.54. The van der Waals surface area contributed by atoms with Crippen molar-refractivity contribution in [1.29, 1.82) is 0 Å². The SMILES string of the molecule is O=C(O)CCCC1CCN(C(=O)CCc2ccc3c(n2)NCCC3)C(c2cccc(F)c2)C1. The maximum Gasteiger partial charge on any atom is 0.303 e. The van der Waals surface area contributed by atoms with Gasteiger partial charge in [0.25, 0.3) is 0 Å². The predicted molar refractivity (Wildman–Crippen MR) is 124 cm³/mol. The van der Waals surface area contributed by atoms with E-state index in [-0.39, 0.29) is 24.2 Å². The van der Waals surface area contributed by atoms with Gasteiger partial charge in [-0.1, -0.05) is 18.2 Å². The van der Waals surface area contributed by atoms with Crippen molar-refractivity contribution in [3.63, 3.8) is 0 Å². The highest BCUT2D eigenvalue weighted by atomic mass is 19.1. The van der Waals surface area contributed by atoms with E-state index in [9.17, 15) is 14.0 Å². The third-order valence-electron chi connectivity index (χ3n) is 6.81. The number of pyridine rings is 1. The van der Waals surface area contributed by atoms with Crippen molar-refractivity contribution in [2.45, 2.75) is 63.8 Å². The van der Waals surface area contributed by atoms with Crippen LogP contribution in [0, 0.1) is 11.7 Å². The van der Waals surface area contributed by atoms with Crippen LogP contribution in [0.4, 0.5) is 10.2 Å². The number of likely N-dealkylation sites (tertiary alicyclic amines) is 1. The van der Waals surface area contributed by atoms with Crippen LogP contribution in [-0.4, -0.2) is 40.0 Å². The molecule has 7 heteroatoms. The number of carboxylic acids is 1. The van der Waals surface area contributed by atoms with Crippen LogP contribution in [0.3, 0.4) is 0 Å². The minimum atomic E-state index is -0.782. The molecular formula is C26H32FN3O3. The number of amides is 1. The number of aryl methyl sites for hydroxylation is 2. The fourth-order valence-electron chi connectivity index (χ4n) is 5.06. The normalized spacial score (nSPS) is 20.1. The number of benzene rings is 1. The van der Waals surface area contributed by atoms with Gasteiger partial charge in [-0.05, 0) is 80.2 Å². The molecule has 3 heterocycles. The fourth-order valence-corrected chi connectivity index (χ4v) is 5.06. The summed E-state index contributed by atoms with van der Waals surface area (Å²) < 4.78 is 14.0. The lowest BCUT2D eigenvalue weighted by molar-refractivity contribution is -0.137. The highest BCUT2D eigenvalue weighted by Crippen LogP contribution is 2.37. The number of carboxylic acid groups (broad SMARTS) is 1. The third-order valence-corrected chi connectivity index (χ3v) is 6.81. The maximum atomic E-state index is 14.0. The Hall–Kier alpha value is -2.96. The van der Waals surface area contributed by atoms with E-state index < -0.39 is 5.97 Å². The molecule has 2 atom stereocenters. The van der Waals surface area contributed by atoms with Gasteiger partial charge < -0.3 is 15.3 Å². The number of aromatic nitrogens is 1. The number of nitrogens with one attached hydrogen (secondary N) is 1. The van der Waals surface area contributed by atoms with Crippen LogP contribution in [0.25, 0.3) is 0 Å². The zero-order valence-corrected chi connectivity index (χ0v) is 18.9. The number of piperidine rings is 1. The zero-order chi connectivity index (χ0) is 23.2. The molecule has 0 radical (unpaired) electrons. The summed E-state index contributed by atoms with van der Waals surface area (Å²) in [4.78, 5) is 30.7. The van der Waals surface area contributed by atoms with E-state index in [0.717, 1.165) is 55.7 Å². The fraction of sp³-hybridized carbons (Fsp3) is 0.500. The van der Waals surface area contributed by atoms with E-state index in [2.05, 4.69) is 11.4 Å². The first kappa shape index (κ1) is 23.2. The summed E-state index contributed by atoms with van der Waals surface area (Å²) in [7, 11) is 0. The van der Waals surface area contributed by atoms with Gasteiger partial charge in [-0.25, -0.2) is 9.37 Å². The van der Waals surface area contributed by atoms with Gasteiger partial charge in [-0.15, -0.1) is 0 Å². The van der Waals surface area contributed by atoms with Gasteiger partial charge in [-0.3, -0.25) is 9.59 Å². The quantitative estimate of drug-likeness (QED) is 0.603. The van der Waals surface area contributed by atoms with Crippen molar-refractivity contribution in [3.8, 4) is 0 Å². The van der Waals surface area contributed by atoms with Crippen LogP contribution in [0.1, 0.15) is 67.8 Å². The third kappa shape index (κ3) is 6.09. The molecule has 0 bridgehead atoms. The molecule has 0 aliphatic carbocycles. The molecule has 0 spiro atoms. The van der Waals surface area contributed by atoms with E-state index >= 15 is 0 Å². The minimum Gasteiger partial charge on any atom is -0.481 e. The summed E-state index contributed by atoms with van der Waals surface area (Å²) in [5.41, 5.74) is 2.94. The summed E-state index contributed by atoms with van der Waals surface area (Å²) in [5.74, 6) is 0.232. The highest BCUT2D eigenvalue weighted by Gasteiger charge is 2.32. The van der Waals surface area contributed by atoms with Crippen molar-refractivity contribution < 1.29 is 19.1 Å². The van der Waals surface area contributed by atoms with Crippen LogP contribution in [0.2, 0.25) is 0 Å². The first-order valence-corrected chi connectivity index (χ1v) is 12.0. The Morgan fingerprint density at radius 1 is 1.21 bits per heavy atom. The number of aliphatic carboxylic acids is 1. The molecule has 4 rings (SSSR count). The van der Waals surface area contributed by atoms with Crippen molar-refractivity contribution in [2.75, 3.05) is 18.4 Å². The van der Waals surface area contributed by atoms with E-state index in [1.807, 2.05) is 17.0 Å². The topological polar surface area (TPSA) is 82.5 Å². The number of fused-ring (bicyclic) bond motifs is 1. The number of halogens is 1. The first-order chi connectivity index (χ1) is 16.0. The average molecular weight is 454 g/mol. The Balaban J connectivity index is 1.42. The summed E-state index contributed by atoms with van der Waals surface area (Å²) in [5, 5.41) is 12.3. The first-order valence-electron chi connectivity index (χ1n) is 12.0. The van der Waals surface area contributed by atoms with Crippen molar-refractivity contribution in [1.82, 2.24) is 9.88 Å². The molecule has 176 valence electrons. The second-order valence-electron chi connectivity index (χ2n) is 9.17. The lowest BCUT2D eigenvalue weighted by Gasteiger charge is -2.40. The molecule has 1 saturated heterocycles. The summed E-state index contributed by atoms with van der Waals surface area (Å²) in [6, 6.07) is 10.4. The number of hydrogen-bond donors (Lipinski definition) is 2. The van der Waals surface area contributed by atoms with Gasteiger partial charge in [0, 0.05) is 31.6 Å². The van der Waals surface area contributed by atoms with Crippen LogP contribution in [-0.2, 0) is 22.4 Å². The molecule has 2 aromatic rings. The van der Waals surface area contributed by atoms with Crippen LogP contribution in [0.15, 0.2) is 36.4 Å². The smallest absolute Gasteiger partial charge is 0.303 e. The molecule has 2 aliphatic rings. The number of carbonyl (C=O) groups excluding carboxylic acids is 1. The van der Waals surface area contributed by atoms with E-state index in [1.54, 1.807) is 6.07 Å². The maximum absolute atomic E-state index is 14.0. The molecule has 2 N–H and O–H groups in total. The van der Waals surface area contributed by atoms with Gasteiger partial charge in [0.05, 0.1) is 6.04 Å². The van der Waals surface area contributed by atoms with Gasteiger partial charge in [0.15, 0.2) is 0 Å². The Morgan fingerprint density at radius 3 is 2.91 bits per heavy atom. The van der Waals surface area contributed by atoms with Crippen LogP contribution < -0.4 is 5.32 Å². The lowest BCUT2D eigenvalue weighted by Crippen LogP contribution is -2.41. The molecule has 6 nitrogen and oxygen atoms in total. The lowest BCUT2D eigenvalue weighted by atomic mass is 9.84. The zero-order valence-electron chi connectivity index (χ0n) is 18.9. The molecule has 2 aliphatic heterocycles. The molecule has 1 aromatic carbocycles. The molecule has 1 fully saturated rings. The summed E-state index contributed by atoms with van der Waals surface area (Å²) >= 11 is 0. The summed E-state index contributed by atoms with van der Waals surface area (Å²) in [6.07, 6.45) is 6.25. The van der Waals surface area contributed by atoms with Crippen LogP contribution in [0.5, 0.6) is 0 Å². The average Bonchev–Trinajstić information content (AvgIpc) is 2.82. The van der Waals surface area contributed by atoms with E-state index in [4.69, 9.17) is 10.1 Å². The van der Waals surface area contributed by atoms with E-state index in [1.165, 1.54) is 17.7 Å². The van der Waals surface area contributed by atoms with Gasteiger partial charge in [0.2, 0.25) is 5.91 Å². The Labute approximate surface area is 194 Å². The van der Waals surface area contributed by atoms with E-state index in [0.29, 0.717) is 31.7 Å². The molecule has 0 saturated carbocycles. The Kier molecular flexibility index (Phi) is 7.57.